The molecule has 0 aliphatic carbocycles. The lowest BCUT2D eigenvalue weighted by Gasteiger charge is -2.30. The summed E-state index contributed by atoms with van der Waals surface area (Å²) in [5, 5.41) is 20.2. The minimum Gasteiger partial charge on any atom is -0.495 e. The molecule has 5 aromatic rings. The average Bonchev–Trinajstić information content (AvgIpc) is 4.00. The van der Waals surface area contributed by atoms with Gasteiger partial charge in [-0.3, -0.25) is 0 Å². The zero-order chi connectivity index (χ0) is 42.2. The highest BCUT2D eigenvalue weighted by atomic mass is 32.1. The molecule has 4 aliphatic heterocycles. The molecule has 0 amide bonds. The van der Waals surface area contributed by atoms with Gasteiger partial charge in [0, 0.05) is 32.0 Å². The van der Waals surface area contributed by atoms with Gasteiger partial charge in [0.15, 0.2) is 35.2 Å². The van der Waals surface area contributed by atoms with Crippen molar-refractivity contribution in [2.45, 2.75) is 59.0 Å². The fourth-order valence-corrected chi connectivity index (χ4v) is 8.25. The van der Waals surface area contributed by atoms with Crippen LogP contribution < -0.4 is 37.9 Å². The van der Waals surface area contributed by atoms with E-state index in [9.17, 15) is 19.8 Å². The molecule has 4 aromatic carbocycles. The largest absolute Gasteiger partial charge is 0.495 e. The van der Waals surface area contributed by atoms with Gasteiger partial charge in [0.25, 0.3) is 0 Å². The van der Waals surface area contributed by atoms with E-state index in [1.165, 1.54) is 7.11 Å². The van der Waals surface area contributed by atoms with E-state index < -0.39 is 24.1 Å². The molecule has 0 saturated heterocycles. The molecule has 2 N–H and O–H groups in total. The summed E-state index contributed by atoms with van der Waals surface area (Å²) in [5.41, 5.74) is 3.40. The number of ether oxygens (including phenoxy) is 9. The third-order valence-corrected chi connectivity index (χ3v) is 10.8. The van der Waals surface area contributed by atoms with Gasteiger partial charge in [0.1, 0.15) is 34.3 Å². The molecule has 1 aromatic heterocycles. The van der Waals surface area contributed by atoms with Crippen molar-refractivity contribution in [2.75, 3.05) is 20.7 Å². The fourth-order valence-electron chi connectivity index (χ4n) is 7.30. The standard InChI is InChI=1S/C25H22O6S.C21H20O7/c1-13(2)30-16-6-8-18-17(11-16)22(21-9-4-14(3)32-21)23(25(26)27)24(31-18)15-5-7-19-20(10-15)29-12-28-19;1-11(2)27-13-5-7-15-14(9-13)20(24-3)18(21(22)23)19(28-15)12-4-6-16-17(8-12)26-10-25-16/h4-11,13,24H,12H2,1-3H3,(H,26,27);4-9,11,19H,10H2,1-3H3,(H,22,23). The Kier molecular flexibility index (Phi) is 11.0. The molecule has 4 aliphatic rings. The van der Waals surface area contributed by atoms with E-state index in [0.717, 1.165) is 9.75 Å². The summed E-state index contributed by atoms with van der Waals surface area (Å²) in [7, 11) is 1.44. The van der Waals surface area contributed by atoms with Crippen molar-refractivity contribution in [2.24, 2.45) is 0 Å². The third kappa shape index (κ3) is 7.85. The number of aryl methyl sites for hydroxylation is 1. The van der Waals surface area contributed by atoms with Crippen LogP contribution in [-0.4, -0.2) is 55.1 Å². The van der Waals surface area contributed by atoms with Crippen LogP contribution in [0.25, 0.3) is 11.3 Å². The van der Waals surface area contributed by atoms with Gasteiger partial charge in [-0.1, -0.05) is 12.1 Å². The molecule has 60 heavy (non-hydrogen) atoms. The second-order valence-electron chi connectivity index (χ2n) is 14.6. The van der Waals surface area contributed by atoms with Crippen molar-refractivity contribution in [3.63, 3.8) is 0 Å². The molecule has 2 unspecified atom stereocenters. The molecule has 9 rings (SSSR count). The minimum atomic E-state index is -1.12. The average molecular weight is 835 g/mol. The van der Waals surface area contributed by atoms with E-state index in [2.05, 4.69) is 0 Å². The highest BCUT2D eigenvalue weighted by molar-refractivity contribution is 7.13. The van der Waals surface area contributed by atoms with Crippen LogP contribution in [0.3, 0.4) is 0 Å². The first-order chi connectivity index (χ1) is 28.9. The number of thiophene rings is 1. The number of hydrogen-bond acceptors (Lipinski definition) is 12. The first kappa shape index (κ1) is 40.0. The van der Waals surface area contributed by atoms with Crippen molar-refractivity contribution in [3.8, 4) is 46.0 Å². The summed E-state index contributed by atoms with van der Waals surface area (Å²) in [6.07, 6.45) is -1.68. The van der Waals surface area contributed by atoms with E-state index in [4.69, 9.17) is 42.6 Å². The van der Waals surface area contributed by atoms with Crippen molar-refractivity contribution in [3.05, 3.63) is 128 Å². The smallest absolute Gasteiger partial charge is 0.339 e. The third-order valence-electron chi connectivity index (χ3n) is 9.74. The maximum Gasteiger partial charge on any atom is 0.339 e. The number of rotatable bonds is 10. The van der Waals surface area contributed by atoms with Crippen LogP contribution in [0.4, 0.5) is 0 Å². The molecule has 0 spiro atoms. The fraction of sp³-hybridized carbons (Fsp3) is 0.261. The maximum atomic E-state index is 12.6. The van der Waals surface area contributed by atoms with Crippen molar-refractivity contribution in [1.29, 1.82) is 0 Å². The monoisotopic (exact) mass is 834 g/mol. The van der Waals surface area contributed by atoms with Gasteiger partial charge in [0.05, 0.1) is 30.5 Å². The highest BCUT2D eigenvalue weighted by Crippen LogP contribution is 2.49. The lowest BCUT2D eigenvalue weighted by molar-refractivity contribution is -0.134. The van der Waals surface area contributed by atoms with Gasteiger partial charge in [-0.25, -0.2) is 9.59 Å². The number of aliphatic carboxylic acids is 2. The Balaban J connectivity index is 0.000000168. The number of carbonyl (C=O) groups is 2. The zero-order valence-electron chi connectivity index (χ0n) is 33.6. The molecule has 0 saturated carbocycles. The number of carboxylic acids is 2. The van der Waals surface area contributed by atoms with E-state index in [1.54, 1.807) is 59.9 Å². The summed E-state index contributed by atoms with van der Waals surface area (Å²) in [6.45, 7) is 10.0. The van der Waals surface area contributed by atoms with Crippen molar-refractivity contribution < 1.29 is 62.4 Å². The molecule has 0 radical (unpaired) electrons. The van der Waals surface area contributed by atoms with Crippen LogP contribution in [0.2, 0.25) is 0 Å². The van der Waals surface area contributed by atoms with Gasteiger partial charge in [-0.05, 0) is 107 Å². The van der Waals surface area contributed by atoms with Gasteiger partial charge in [-0.15, -0.1) is 11.3 Å². The number of hydrogen-bond donors (Lipinski definition) is 2. The Morgan fingerprint density at radius 3 is 1.58 bits per heavy atom. The molecule has 310 valence electrons. The number of carboxylic acid groups (broad SMARTS) is 2. The maximum absolute atomic E-state index is 12.6. The van der Waals surface area contributed by atoms with Crippen LogP contribution in [0.15, 0.2) is 96.1 Å². The number of benzene rings is 4. The van der Waals surface area contributed by atoms with Crippen LogP contribution in [0, 0.1) is 6.92 Å². The summed E-state index contributed by atoms with van der Waals surface area (Å²) in [6, 6.07) is 25.4. The van der Waals surface area contributed by atoms with Gasteiger partial charge >= 0.3 is 11.9 Å². The van der Waals surface area contributed by atoms with E-state index in [-0.39, 0.29) is 42.7 Å². The van der Waals surface area contributed by atoms with Crippen LogP contribution in [0.5, 0.6) is 46.0 Å². The highest BCUT2D eigenvalue weighted by Gasteiger charge is 2.38. The molecule has 0 fully saturated rings. The van der Waals surface area contributed by atoms with Crippen molar-refractivity contribution >= 4 is 34.6 Å². The van der Waals surface area contributed by atoms with E-state index in [1.807, 2.05) is 71.0 Å². The van der Waals surface area contributed by atoms with Crippen molar-refractivity contribution in [1.82, 2.24) is 0 Å². The lowest BCUT2D eigenvalue weighted by Crippen LogP contribution is -2.23. The molecule has 13 nitrogen and oxygen atoms in total. The summed E-state index contributed by atoms with van der Waals surface area (Å²) >= 11 is 1.55. The molecule has 0 bridgehead atoms. The van der Waals surface area contributed by atoms with Gasteiger partial charge < -0.3 is 52.8 Å². The normalized spacial score (nSPS) is 16.9. The summed E-state index contributed by atoms with van der Waals surface area (Å²) < 4.78 is 51.1. The SMILES string of the molecule is COC1=C(C(=O)O)C(c2ccc3c(c2)OCO3)Oc2ccc(OC(C)C)cc21.Cc1ccc(C2=C(C(=O)O)C(c3ccc4c(c3)OCO4)Oc3ccc(OC(C)C)cc32)s1. The summed E-state index contributed by atoms with van der Waals surface area (Å²) in [5.74, 6) is 2.86. The first-order valence-corrected chi connectivity index (χ1v) is 20.0. The Hall–Kier alpha value is -6.80. The molecule has 14 heteroatoms. The molecular weight excluding hydrogens is 793 g/mol. The predicted molar refractivity (Wildman–Crippen MR) is 221 cm³/mol. The second-order valence-corrected chi connectivity index (χ2v) is 15.9. The van der Waals surface area contributed by atoms with Gasteiger partial charge in [0.2, 0.25) is 13.6 Å². The zero-order valence-corrected chi connectivity index (χ0v) is 34.4. The second kappa shape index (κ2) is 16.5. The van der Waals surface area contributed by atoms with E-state index in [0.29, 0.717) is 73.8 Å². The molecular formula is C46H42O13S. The van der Waals surface area contributed by atoms with E-state index >= 15 is 0 Å². The summed E-state index contributed by atoms with van der Waals surface area (Å²) in [4.78, 5) is 26.7. The van der Waals surface area contributed by atoms with Crippen LogP contribution >= 0.6 is 11.3 Å². The molecule has 2 atom stereocenters. The van der Waals surface area contributed by atoms with Gasteiger partial charge in [-0.2, -0.15) is 0 Å². The minimum absolute atomic E-state index is 0.00528. The van der Waals surface area contributed by atoms with Crippen LogP contribution in [0.1, 0.15) is 71.9 Å². The lowest BCUT2D eigenvalue weighted by atomic mass is 9.88. The Bertz CT molecular complexity index is 2550. The van der Waals surface area contributed by atoms with Crippen LogP contribution in [-0.2, 0) is 14.3 Å². The Morgan fingerprint density at radius 1 is 0.617 bits per heavy atom. The quantitative estimate of drug-likeness (QED) is 0.137. The number of methoxy groups -OCH3 is 1. The predicted octanol–water partition coefficient (Wildman–Crippen LogP) is 9.37. The first-order valence-electron chi connectivity index (χ1n) is 19.2. The Morgan fingerprint density at radius 2 is 1.10 bits per heavy atom. The number of fused-ring (bicyclic) bond motifs is 4. The molecule has 5 heterocycles. The topological polar surface area (TPSA) is 158 Å². The Labute approximate surface area is 349 Å².